The summed E-state index contributed by atoms with van der Waals surface area (Å²) in [5, 5.41) is 9.80. The number of fused-ring (bicyclic) bond motifs is 1. The van der Waals surface area contributed by atoms with E-state index in [2.05, 4.69) is 9.88 Å². The molecule has 1 aliphatic heterocycles. The first kappa shape index (κ1) is 13.2. The van der Waals surface area contributed by atoms with E-state index in [-0.39, 0.29) is 11.7 Å². The van der Waals surface area contributed by atoms with E-state index in [4.69, 9.17) is 16.2 Å². The summed E-state index contributed by atoms with van der Waals surface area (Å²) in [7, 11) is 0. The van der Waals surface area contributed by atoms with Crippen LogP contribution in [0.2, 0.25) is 0 Å². The predicted molar refractivity (Wildman–Crippen MR) is 66.4 cm³/mol. The zero-order chi connectivity index (χ0) is 13.1. The molecule has 1 amide bonds. The number of aliphatic hydroxyl groups excluding tert-OH is 1. The van der Waals surface area contributed by atoms with Gasteiger partial charge in [-0.2, -0.15) is 0 Å². The summed E-state index contributed by atoms with van der Waals surface area (Å²) in [6.45, 7) is 2.24. The molecule has 0 aromatic carbocycles. The Morgan fingerprint density at radius 2 is 2.44 bits per heavy atom. The molecule has 0 radical (unpaired) electrons. The highest BCUT2D eigenvalue weighted by atomic mass is 32.1. The topological polar surface area (TPSA) is 115 Å². The summed E-state index contributed by atoms with van der Waals surface area (Å²) in [4.78, 5) is 18.0. The molecule has 8 heteroatoms. The number of nitrogens with zero attached hydrogens (tertiary/aromatic N) is 2. The van der Waals surface area contributed by atoms with Gasteiger partial charge in [-0.15, -0.1) is 0 Å². The number of primary amides is 1. The van der Waals surface area contributed by atoms with Crippen LogP contribution in [0.25, 0.3) is 0 Å². The minimum Gasteiger partial charge on any atom is -0.390 e. The van der Waals surface area contributed by atoms with E-state index in [1.165, 1.54) is 11.3 Å². The highest BCUT2D eigenvalue weighted by Gasteiger charge is 2.23. The number of carbonyl (C=O) groups excluding carboxylic acids is 1. The van der Waals surface area contributed by atoms with Crippen LogP contribution >= 0.6 is 11.3 Å². The highest BCUT2D eigenvalue weighted by molar-refractivity contribution is 7.13. The van der Waals surface area contributed by atoms with Gasteiger partial charge < -0.3 is 21.3 Å². The van der Waals surface area contributed by atoms with E-state index in [1.54, 1.807) is 0 Å². The van der Waals surface area contributed by atoms with Crippen molar-refractivity contribution < 1.29 is 14.6 Å². The number of hydrogen-bond donors (Lipinski definition) is 3. The molecule has 100 valence electrons. The number of aliphatic hydroxyl groups is 1. The van der Waals surface area contributed by atoms with Gasteiger partial charge in [0.15, 0.2) is 0 Å². The normalized spacial score (nSPS) is 17.2. The fourth-order valence-electron chi connectivity index (χ4n) is 1.89. The fourth-order valence-corrected chi connectivity index (χ4v) is 2.80. The molecule has 2 heterocycles. The Balaban J connectivity index is 2.00. The van der Waals surface area contributed by atoms with E-state index in [9.17, 15) is 9.90 Å². The molecule has 0 aliphatic carbocycles. The van der Waals surface area contributed by atoms with Gasteiger partial charge in [-0.3, -0.25) is 4.90 Å². The Hall–Kier alpha value is -1.22. The molecular weight excluding hydrogens is 256 g/mol. The summed E-state index contributed by atoms with van der Waals surface area (Å²) in [5.41, 5.74) is 11.2. The number of carbonyl (C=O) groups is 1. The Morgan fingerprint density at radius 1 is 1.67 bits per heavy atom. The maximum absolute atomic E-state index is 10.6. The molecule has 5 N–H and O–H groups in total. The summed E-state index contributed by atoms with van der Waals surface area (Å²) >= 11 is 1.34. The molecule has 1 aliphatic rings. The number of β-amino-alcohol motifs (C(OH)–C–C–N with tert-alkyl or cyclic N) is 1. The van der Waals surface area contributed by atoms with E-state index in [0.717, 1.165) is 23.5 Å². The number of ether oxygens (including phenoxy) is 1. The number of nitrogens with two attached hydrogens (primary N) is 2. The van der Waals surface area contributed by atoms with Crippen molar-refractivity contribution in [2.45, 2.75) is 19.1 Å². The maximum atomic E-state index is 10.6. The van der Waals surface area contributed by atoms with Gasteiger partial charge in [-0.05, 0) is 6.42 Å². The molecule has 0 bridgehead atoms. The van der Waals surface area contributed by atoms with Crippen molar-refractivity contribution in [3.05, 3.63) is 10.6 Å². The monoisotopic (exact) mass is 272 g/mol. The third-order valence-electron chi connectivity index (χ3n) is 2.72. The summed E-state index contributed by atoms with van der Waals surface area (Å²) in [6, 6.07) is 0. The lowest BCUT2D eigenvalue weighted by Crippen LogP contribution is -2.39. The molecule has 1 aromatic rings. The van der Waals surface area contributed by atoms with Crippen LogP contribution in [0, 0.1) is 0 Å². The summed E-state index contributed by atoms with van der Waals surface area (Å²) < 4.78 is 4.76. The highest BCUT2D eigenvalue weighted by Crippen LogP contribution is 2.29. The van der Waals surface area contributed by atoms with Crippen LogP contribution in [-0.2, 0) is 13.0 Å². The van der Waals surface area contributed by atoms with Crippen molar-refractivity contribution in [2.24, 2.45) is 11.5 Å². The van der Waals surface area contributed by atoms with E-state index in [1.807, 2.05) is 0 Å². The Kier molecular flexibility index (Phi) is 4.12. The van der Waals surface area contributed by atoms with Gasteiger partial charge in [0.05, 0.1) is 11.8 Å². The number of amides is 1. The second kappa shape index (κ2) is 5.61. The average molecular weight is 272 g/mol. The van der Waals surface area contributed by atoms with Crippen molar-refractivity contribution in [3.8, 4) is 5.19 Å². The van der Waals surface area contributed by atoms with Crippen LogP contribution in [0.3, 0.4) is 0 Å². The van der Waals surface area contributed by atoms with Gasteiger partial charge in [0.2, 0.25) is 0 Å². The molecule has 7 nitrogen and oxygen atoms in total. The number of rotatable bonds is 4. The van der Waals surface area contributed by atoms with E-state index >= 15 is 0 Å². The predicted octanol–water partition coefficient (Wildman–Crippen LogP) is -0.722. The average Bonchev–Trinajstić information content (AvgIpc) is 2.69. The van der Waals surface area contributed by atoms with Crippen molar-refractivity contribution in [1.82, 2.24) is 9.88 Å². The lowest BCUT2D eigenvalue weighted by Gasteiger charge is -2.27. The zero-order valence-corrected chi connectivity index (χ0v) is 10.7. The van der Waals surface area contributed by atoms with Gasteiger partial charge in [-0.1, -0.05) is 11.3 Å². The van der Waals surface area contributed by atoms with Crippen molar-refractivity contribution in [1.29, 1.82) is 0 Å². The van der Waals surface area contributed by atoms with Crippen LogP contribution in [0.5, 0.6) is 5.19 Å². The zero-order valence-electron chi connectivity index (χ0n) is 9.83. The van der Waals surface area contributed by atoms with Crippen LogP contribution in [0.4, 0.5) is 4.79 Å². The molecule has 2 rings (SSSR count). The lowest BCUT2D eigenvalue weighted by atomic mass is 10.1. The second-order valence-corrected chi connectivity index (χ2v) is 5.19. The smallest absolute Gasteiger partial charge is 0.390 e. The molecule has 18 heavy (non-hydrogen) atoms. The lowest BCUT2D eigenvalue weighted by molar-refractivity contribution is 0.111. The summed E-state index contributed by atoms with van der Waals surface area (Å²) in [5.74, 6) is 0. The van der Waals surface area contributed by atoms with Crippen LogP contribution in [0.1, 0.15) is 10.6 Å². The maximum Gasteiger partial charge on any atom is 0.411 e. The fraction of sp³-hybridized carbons (Fsp3) is 0.600. The minimum atomic E-state index is -0.850. The van der Waals surface area contributed by atoms with E-state index < -0.39 is 12.2 Å². The van der Waals surface area contributed by atoms with Crippen molar-refractivity contribution in [2.75, 3.05) is 19.6 Å². The molecule has 0 spiro atoms. The summed E-state index contributed by atoms with van der Waals surface area (Å²) in [6.07, 6.45) is -0.546. The quantitative estimate of drug-likeness (QED) is 0.666. The van der Waals surface area contributed by atoms with Gasteiger partial charge >= 0.3 is 6.09 Å². The van der Waals surface area contributed by atoms with Crippen molar-refractivity contribution in [3.63, 3.8) is 0 Å². The van der Waals surface area contributed by atoms with Gasteiger partial charge in [0.25, 0.3) is 5.19 Å². The van der Waals surface area contributed by atoms with Crippen LogP contribution < -0.4 is 16.2 Å². The largest absolute Gasteiger partial charge is 0.411 e. The Labute approximate surface area is 108 Å². The first-order valence-corrected chi connectivity index (χ1v) is 6.46. The molecule has 0 fully saturated rings. The molecule has 1 unspecified atom stereocenters. The third kappa shape index (κ3) is 3.16. The molecule has 1 atom stereocenters. The molecule has 0 saturated heterocycles. The van der Waals surface area contributed by atoms with Gasteiger partial charge in [0, 0.05) is 31.1 Å². The molecule has 0 saturated carbocycles. The minimum absolute atomic E-state index is 0.246. The number of hydrogen-bond acceptors (Lipinski definition) is 7. The number of aromatic nitrogens is 1. The van der Waals surface area contributed by atoms with E-state index in [0.29, 0.717) is 13.1 Å². The second-order valence-electron chi connectivity index (χ2n) is 4.15. The first-order valence-electron chi connectivity index (χ1n) is 5.65. The van der Waals surface area contributed by atoms with Gasteiger partial charge in [0.1, 0.15) is 0 Å². The third-order valence-corrected chi connectivity index (χ3v) is 3.75. The molecular formula is C10H16N4O3S. The number of thiazole rings is 1. The Bertz CT molecular complexity index is 437. The van der Waals surface area contributed by atoms with Crippen LogP contribution in [-0.4, -0.2) is 46.8 Å². The van der Waals surface area contributed by atoms with Crippen molar-refractivity contribution >= 4 is 17.4 Å². The molecule has 1 aromatic heterocycles. The standard InChI is InChI=1S/C10H16N4O3S/c11-3-6(15)4-14-2-1-8-7(5-14)13-10(18-8)17-9(12)16/h6,15H,1-5,11H2,(H2,12,16). The van der Waals surface area contributed by atoms with Gasteiger partial charge in [-0.25, -0.2) is 9.78 Å². The Morgan fingerprint density at radius 3 is 3.11 bits per heavy atom. The SMILES string of the molecule is NCC(O)CN1CCc2sc(OC(N)=O)nc2C1. The first-order chi connectivity index (χ1) is 8.58. The van der Waals surface area contributed by atoms with Crippen LogP contribution in [0.15, 0.2) is 0 Å².